The highest BCUT2D eigenvalue weighted by Crippen LogP contribution is 2.23. The molecule has 0 aliphatic carbocycles. The molecule has 1 aromatic carbocycles. The first kappa shape index (κ1) is 16.5. The van der Waals surface area contributed by atoms with Crippen LogP contribution in [0.15, 0.2) is 24.3 Å². The Kier molecular flexibility index (Phi) is 5.91. The summed E-state index contributed by atoms with van der Waals surface area (Å²) in [6.07, 6.45) is 1.13. The smallest absolute Gasteiger partial charge is 0.347 e. The summed E-state index contributed by atoms with van der Waals surface area (Å²) in [5.41, 5.74) is 1.61. The van der Waals surface area contributed by atoms with Crippen molar-refractivity contribution in [3.05, 3.63) is 45.4 Å². The molecule has 0 saturated carbocycles. The van der Waals surface area contributed by atoms with E-state index < -0.39 is 5.97 Å². The van der Waals surface area contributed by atoms with Crippen molar-refractivity contribution in [1.29, 1.82) is 0 Å². The Morgan fingerprint density at radius 1 is 1.32 bits per heavy atom. The van der Waals surface area contributed by atoms with Crippen LogP contribution in [-0.2, 0) is 17.6 Å². The fourth-order valence-electron chi connectivity index (χ4n) is 2.05. The largest absolute Gasteiger partial charge is 0.494 e. The van der Waals surface area contributed by atoms with Crippen molar-refractivity contribution in [2.45, 2.75) is 19.8 Å². The van der Waals surface area contributed by atoms with Gasteiger partial charge in [0.15, 0.2) is 0 Å². The van der Waals surface area contributed by atoms with E-state index in [4.69, 9.17) is 9.47 Å². The number of hydrogen-bond acceptors (Lipinski definition) is 5. The average Bonchev–Trinajstić information content (AvgIpc) is 2.90. The maximum Gasteiger partial charge on any atom is 0.347 e. The van der Waals surface area contributed by atoms with Gasteiger partial charge in [-0.2, -0.15) is 0 Å². The molecule has 1 heterocycles. The molecule has 5 nitrogen and oxygen atoms in total. The van der Waals surface area contributed by atoms with Gasteiger partial charge >= 0.3 is 5.97 Å². The molecule has 1 aromatic heterocycles. The minimum Gasteiger partial charge on any atom is -0.494 e. The second-order valence-corrected chi connectivity index (χ2v) is 5.77. The number of ether oxygens (including phenoxy) is 2. The fourth-order valence-corrected chi connectivity index (χ4v) is 2.95. The van der Waals surface area contributed by atoms with Gasteiger partial charge in [-0.25, -0.2) is 9.78 Å². The number of carboxylic acids is 1. The van der Waals surface area contributed by atoms with Gasteiger partial charge < -0.3 is 14.6 Å². The van der Waals surface area contributed by atoms with Crippen LogP contribution in [0.5, 0.6) is 5.75 Å². The van der Waals surface area contributed by atoms with Crippen LogP contribution in [0.25, 0.3) is 0 Å². The number of rotatable bonds is 8. The second-order valence-electron chi connectivity index (χ2n) is 4.69. The molecule has 22 heavy (non-hydrogen) atoms. The quantitative estimate of drug-likeness (QED) is 0.809. The number of carbonyl (C=O) groups is 1. The maximum atomic E-state index is 11.4. The summed E-state index contributed by atoms with van der Waals surface area (Å²) >= 11 is 1.22. The predicted molar refractivity (Wildman–Crippen MR) is 85.1 cm³/mol. The lowest BCUT2D eigenvalue weighted by Crippen LogP contribution is -2.00. The van der Waals surface area contributed by atoms with Crippen molar-refractivity contribution in [3.63, 3.8) is 0 Å². The summed E-state index contributed by atoms with van der Waals surface area (Å²) in [4.78, 5) is 16.1. The molecule has 6 heteroatoms. The summed E-state index contributed by atoms with van der Waals surface area (Å²) in [6, 6.07) is 7.64. The molecule has 2 rings (SSSR count). The molecule has 1 N–H and O–H groups in total. The number of benzene rings is 1. The van der Waals surface area contributed by atoms with E-state index in [1.807, 2.05) is 31.2 Å². The summed E-state index contributed by atoms with van der Waals surface area (Å²) in [6.45, 7) is 3.09. The summed E-state index contributed by atoms with van der Waals surface area (Å²) in [7, 11) is 1.62. The molecular weight excluding hydrogens is 302 g/mol. The Labute approximate surface area is 133 Å². The Balaban J connectivity index is 2.16. The predicted octanol–water partition coefficient (Wildman–Crippen LogP) is 3.02. The van der Waals surface area contributed by atoms with Crippen molar-refractivity contribution in [1.82, 2.24) is 4.98 Å². The van der Waals surface area contributed by atoms with Crippen LogP contribution < -0.4 is 4.74 Å². The van der Waals surface area contributed by atoms with Crippen molar-refractivity contribution < 1.29 is 19.4 Å². The molecule has 0 aliphatic rings. The zero-order valence-electron chi connectivity index (χ0n) is 12.7. The van der Waals surface area contributed by atoms with E-state index in [9.17, 15) is 9.90 Å². The molecule has 2 aromatic rings. The van der Waals surface area contributed by atoms with Gasteiger partial charge in [0.05, 0.1) is 23.9 Å². The summed E-state index contributed by atoms with van der Waals surface area (Å²) in [5.74, 6) is -0.120. The van der Waals surface area contributed by atoms with Crippen LogP contribution in [-0.4, -0.2) is 36.4 Å². The number of carboxylic acid groups (broad SMARTS) is 1. The third kappa shape index (κ3) is 4.29. The highest BCUT2D eigenvalue weighted by atomic mass is 32.1. The zero-order chi connectivity index (χ0) is 15.9. The van der Waals surface area contributed by atoms with E-state index in [0.29, 0.717) is 36.6 Å². The van der Waals surface area contributed by atoms with Crippen LogP contribution in [0.3, 0.4) is 0 Å². The van der Waals surface area contributed by atoms with E-state index in [1.165, 1.54) is 11.3 Å². The van der Waals surface area contributed by atoms with Gasteiger partial charge in [-0.1, -0.05) is 12.1 Å². The number of aromatic nitrogens is 1. The molecule has 0 radical (unpaired) electrons. The molecule has 0 amide bonds. The Morgan fingerprint density at radius 2 is 2.05 bits per heavy atom. The Hall–Kier alpha value is -1.92. The minimum absolute atomic E-state index is 0.306. The maximum absolute atomic E-state index is 11.4. The number of aromatic carboxylic acids is 1. The first-order valence-electron chi connectivity index (χ1n) is 7.06. The lowest BCUT2D eigenvalue weighted by atomic mass is 10.1. The van der Waals surface area contributed by atoms with E-state index >= 15 is 0 Å². The Morgan fingerprint density at radius 3 is 2.64 bits per heavy atom. The van der Waals surface area contributed by atoms with Gasteiger partial charge in [0.25, 0.3) is 0 Å². The lowest BCUT2D eigenvalue weighted by Gasteiger charge is -2.04. The molecule has 0 fully saturated rings. The summed E-state index contributed by atoms with van der Waals surface area (Å²) in [5, 5.41) is 10.1. The molecule has 0 spiro atoms. The first-order chi connectivity index (χ1) is 10.6. The monoisotopic (exact) mass is 321 g/mol. The van der Waals surface area contributed by atoms with Gasteiger partial charge in [0.1, 0.15) is 10.6 Å². The van der Waals surface area contributed by atoms with Crippen LogP contribution in [0, 0.1) is 0 Å². The van der Waals surface area contributed by atoms with Crippen LogP contribution in [0.1, 0.15) is 32.9 Å². The summed E-state index contributed by atoms with van der Waals surface area (Å²) < 4.78 is 10.4. The normalized spacial score (nSPS) is 10.6. The molecule has 0 aliphatic heterocycles. The van der Waals surface area contributed by atoms with Gasteiger partial charge in [-0.15, -0.1) is 11.3 Å². The number of hydrogen-bond donors (Lipinski definition) is 1. The molecular formula is C16H19NO4S. The van der Waals surface area contributed by atoms with E-state index in [-0.39, 0.29) is 0 Å². The third-order valence-electron chi connectivity index (χ3n) is 3.06. The van der Waals surface area contributed by atoms with Gasteiger partial charge in [-0.3, -0.25) is 0 Å². The van der Waals surface area contributed by atoms with Crippen LogP contribution in [0.4, 0.5) is 0 Å². The van der Waals surface area contributed by atoms with Crippen molar-refractivity contribution in [3.8, 4) is 5.75 Å². The van der Waals surface area contributed by atoms with Crippen molar-refractivity contribution in [2.24, 2.45) is 0 Å². The van der Waals surface area contributed by atoms with Gasteiger partial charge in [0.2, 0.25) is 0 Å². The number of thiazole rings is 1. The van der Waals surface area contributed by atoms with E-state index in [0.717, 1.165) is 16.3 Å². The van der Waals surface area contributed by atoms with Gasteiger partial charge in [-0.05, 0) is 24.6 Å². The van der Waals surface area contributed by atoms with Gasteiger partial charge in [0, 0.05) is 20.0 Å². The molecule has 118 valence electrons. The molecule has 0 atom stereocenters. The highest BCUT2D eigenvalue weighted by molar-refractivity contribution is 7.13. The minimum atomic E-state index is -0.929. The van der Waals surface area contributed by atoms with Crippen LogP contribution >= 0.6 is 11.3 Å². The molecule has 0 unspecified atom stereocenters. The van der Waals surface area contributed by atoms with Crippen LogP contribution in [0.2, 0.25) is 0 Å². The first-order valence-corrected chi connectivity index (χ1v) is 7.88. The van der Waals surface area contributed by atoms with Crippen molar-refractivity contribution in [2.75, 3.05) is 20.3 Å². The zero-order valence-corrected chi connectivity index (χ0v) is 13.5. The van der Waals surface area contributed by atoms with Crippen molar-refractivity contribution >= 4 is 17.3 Å². The SMILES string of the molecule is CCOc1ccc(Cc2nc(CCOC)sc2C(=O)O)cc1. The average molecular weight is 321 g/mol. The molecule has 0 bridgehead atoms. The van der Waals surface area contributed by atoms with E-state index in [1.54, 1.807) is 7.11 Å². The lowest BCUT2D eigenvalue weighted by molar-refractivity contribution is 0.0701. The topological polar surface area (TPSA) is 68.7 Å². The third-order valence-corrected chi connectivity index (χ3v) is 4.21. The Bertz CT molecular complexity index is 622. The standard InChI is InChI=1S/C16H19NO4S/c1-3-21-12-6-4-11(5-7-12)10-13-15(16(18)19)22-14(17-13)8-9-20-2/h4-7H,3,8-10H2,1-2H3,(H,18,19). The fraction of sp³-hybridized carbons (Fsp3) is 0.375. The number of methoxy groups -OCH3 is 1. The molecule has 0 saturated heterocycles. The number of nitrogens with zero attached hydrogens (tertiary/aromatic N) is 1. The van der Waals surface area contributed by atoms with E-state index in [2.05, 4.69) is 4.98 Å². The second kappa shape index (κ2) is 7.91. The highest BCUT2D eigenvalue weighted by Gasteiger charge is 2.17.